The average Bonchev–Trinajstić information content (AvgIpc) is 3.30. The molecule has 2 aliphatic rings. The highest BCUT2D eigenvalue weighted by molar-refractivity contribution is 14.0. The van der Waals surface area contributed by atoms with Gasteiger partial charge in [-0.1, -0.05) is 25.0 Å². The fourth-order valence-electron chi connectivity index (χ4n) is 4.33. The minimum absolute atomic E-state index is 0. The molecule has 0 spiro atoms. The number of carbonyl (C=O) groups excluding carboxylic acids is 2. The highest BCUT2D eigenvalue weighted by Crippen LogP contribution is 2.26. The molecule has 1 aromatic carbocycles. The SMILES string of the molecule is CCOC(=O)C1CCCN(C(=NC)NCc2cccc(NC(=O)C3CCCC3)c2)C1.I. The van der Waals surface area contributed by atoms with Crippen LogP contribution < -0.4 is 10.6 Å². The molecule has 1 aromatic rings. The summed E-state index contributed by atoms with van der Waals surface area (Å²) < 4.78 is 5.19. The zero-order valence-corrected chi connectivity index (χ0v) is 20.9. The molecule has 1 saturated carbocycles. The number of amides is 1. The van der Waals surface area contributed by atoms with Crippen molar-refractivity contribution in [2.75, 3.05) is 32.1 Å². The first-order valence-corrected chi connectivity index (χ1v) is 11.1. The zero-order valence-electron chi connectivity index (χ0n) is 18.6. The van der Waals surface area contributed by atoms with Gasteiger partial charge < -0.3 is 20.3 Å². The Balaban J connectivity index is 0.00000341. The third kappa shape index (κ3) is 7.36. The van der Waals surface area contributed by atoms with E-state index in [-0.39, 0.29) is 47.7 Å². The molecule has 0 radical (unpaired) electrons. The Bertz CT molecular complexity index is 765. The average molecular weight is 542 g/mol. The van der Waals surface area contributed by atoms with E-state index in [1.165, 1.54) is 0 Å². The summed E-state index contributed by atoms with van der Waals surface area (Å²) in [5, 5.41) is 6.45. The molecule has 1 heterocycles. The van der Waals surface area contributed by atoms with Crippen LogP contribution in [0.1, 0.15) is 51.0 Å². The van der Waals surface area contributed by atoms with Gasteiger partial charge in [0.05, 0.1) is 12.5 Å². The topological polar surface area (TPSA) is 83.0 Å². The third-order valence-electron chi connectivity index (χ3n) is 5.92. The van der Waals surface area contributed by atoms with E-state index in [4.69, 9.17) is 4.74 Å². The number of nitrogens with one attached hydrogen (secondary N) is 2. The number of ether oxygens (including phenoxy) is 1. The fraction of sp³-hybridized carbons (Fsp3) is 0.609. The number of guanidine groups is 1. The summed E-state index contributed by atoms with van der Waals surface area (Å²) in [6, 6.07) is 7.93. The number of aliphatic imine (C=N–C) groups is 1. The Labute approximate surface area is 202 Å². The molecule has 0 aromatic heterocycles. The van der Waals surface area contributed by atoms with Gasteiger partial charge in [0.15, 0.2) is 5.96 Å². The first-order valence-electron chi connectivity index (χ1n) is 11.1. The third-order valence-corrected chi connectivity index (χ3v) is 5.92. The molecule has 1 atom stereocenters. The second-order valence-corrected chi connectivity index (χ2v) is 8.11. The summed E-state index contributed by atoms with van der Waals surface area (Å²) in [4.78, 5) is 31.0. The quantitative estimate of drug-likeness (QED) is 0.248. The zero-order chi connectivity index (χ0) is 21.3. The molecule has 7 nitrogen and oxygen atoms in total. The molecule has 31 heavy (non-hydrogen) atoms. The number of carbonyl (C=O) groups is 2. The molecule has 172 valence electrons. The Hall–Kier alpha value is -1.84. The number of hydrogen-bond donors (Lipinski definition) is 2. The van der Waals surface area contributed by atoms with Crippen LogP contribution in [-0.4, -0.2) is 49.5 Å². The molecule has 1 unspecified atom stereocenters. The highest BCUT2D eigenvalue weighted by atomic mass is 127. The molecule has 1 amide bonds. The largest absolute Gasteiger partial charge is 0.466 e. The van der Waals surface area contributed by atoms with Crippen LogP contribution in [0.15, 0.2) is 29.3 Å². The summed E-state index contributed by atoms with van der Waals surface area (Å²) in [5.74, 6) is 0.836. The number of halogens is 1. The number of rotatable bonds is 6. The van der Waals surface area contributed by atoms with Gasteiger partial charge in [-0.05, 0) is 50.3 Å². The Morgan fingerprint density at radius 3 is 2.61 bits per heavy atom. The second kappa shape index (κ2) is 12.9. The lowest BCUT2D eigenvalue weighted by atomic mass is 9.98. The second-order valence-electron chi connectivity index (χ2n) is 8.11. The van der Waals surface area contributed by atoms with Crippen molar-refractivity contribution < 1.29 is 14.3 Å². The molecule has 2 fully saturated rings. The first-order chi connectivity index (χ1) is 14.6. The van der Waals surface area contributed by atoms with Gasteiger partial charge in [-0.15, -0.1) is 24.0 Å². The van der Waals surface area contributed by atoms with Gasteiger partial charge in [-0.3, -0.25) is 14.6 Å². The number of esters is 1. The van der Waals surface area contributed by atoms with E-state index in [0.717, 1.165) is 62.3 Å². The van der Waals surface area contributed by atoms with Crippen LogP contribution in [0, 0.1) is 11.8 Å². The fourth-order valence-corrected chi connectivity index (χ4v) is 4.33. The van der Waals surface area contributed by atoms with Crippen molar-refractivity contribution in [3.05, 3.63) is 29.8 Å². The van der Waals surface area contributed by atoms with Crippen LogP contribution >= 0.6 is 24.0 Å². The number of nitrogens with zero attached hydrogens (tertiary/aromatic N) is 2. The number of hydrogen-bond acceptors (Lipinski definition) is 4. The van der Waals surface area contributed by atoms with Gasteiger partial charge in [0, 0.05) is 38.3 Å². The van der Waals surface area contributed by atoms with E-state index in [1.54, 1.807) is 7.05 Å². The van der Waals surface area contributed by atoms with Gasteiger partial charge in [0.1, 0.15) is 0 Å². The molecular weight excluding hydrogens is 507 g/mol. The minimum atomic E-state index is -0.122. The first kappa shape index (κ1) is 25.4. The number of anilines is 1. The van der Waals surface area contributed by atoms with Gasteiger partial charge in [-0.2, -0.15) is 0 Å². The highest BCUT2D eigenvalue weighted by Gasteiger charge is 2.28. The molecule has 3 rings (SSSR count). The van der Waals surface area contributed by atoms with Crippen LogP contribution in [0.3, 0.4) is 0 Å². The van der Waals surface area contributed by atoms with Gasteiger partial charge in [0.25, 0.3) is 0 Å². The van der Waals surface area contributed by atoms with Crippen LogP contribution in [0.2, 0.25) is 0 Å². The maximum Gasteiger partial charge on any atom is 0.310 e. The molecule has 2 N–H and O–H groups in total. The van der Waals surface area contributed by atoms with E-state index < -0.39 is 0 Å². The van der Waals surface area contributed by atoms with Crippen LogP contribution in [0.5, 0.6) is 0 Å². The minimum Gasteiger partial charge on any atom is -0.466 e. The van der Waals surface area contributed by atoms with Crippen molar-refractivity contribution in [3.63, 3.8) is 0 Å². The summed E-state index contributed by atoms with van der Waals surface area (Å²) >= 11 is 0. The monoisotopic (exact) mass is 542 g/mol. The van der Waals surface area contributed by atoms with Crippen molar-refractivity contribution in [3.8, 4) is 0 Å². The van der Waals surface area contributed by atoms with Crippen LogP contribution in [-0.2, 0) is 20.9 Å². The van der Waals surface area contributed by atoms with Crippen LogP contribution in [0.4, 0.5) is 5.69 Å². The molecule has 1 aliphatic heterocycles. The molecule has 0 bridgehead atoms. The van der Waals surface area contributed by atoms with Crippen molar-refractivity contribution in [2.45, 2.75) is 52.0 Å². The maximum absolute atomic E-state index is 12.4. The van der Waals surface area contributed by atoms with E-state index >= 15 is 0 Å². The summed E-state index contributed by atoms with van der Waals surface area (Å²) in [7, 11) is 1.76. The molecule has 1 aliphatic carbocycles. The smallest absolute Gasteiger partial charge is 0.310 e. The number of piperidine rings is 1. The van der Waals surface area contributed by atoms with Crippen molar-refractivity contribution in [1.82, 2.24) is 10.2 Å². The van der Waals surface area contributed by atoms with E-state index in [2.05, 4.69) is 20.5 Å². The van der Waals surface area contributed by atoms with Gasteiger partial charge in [-0.25, -0.2) is 0 Å². The Kier molecular flexibility index (Phi) is 10.6. The molecule has 1 saturated heterocycles. The van der Waals surface area contributed by atoms with Crippen LogP contribution in [0.25, 0.3) is 0 Å². The maximum atomic E-state index is 12.4. The van der Waals surface area contributed by atoms with Crippen molar-refractivity contribution in [2.24, 2.45) is 16.8 Å². The Morgan fingerprint density at radius 1 is 1.16 bits per heavy atom. The molecule has 8 heteroatoms. The molecular formula is C23H35IN4O3. The lowest BCUT2D eigenvalue weighted by molar-refractivity contribution is -0.149. The predicted molar refractivity (Wildman–Crippen MR) is 134 cm³/mol. The van der Waals surface area contributed by atoms with Gasteiger partial charge in [0.2, 0.25) is 5.91 Å². The summed E-state index contributed by atoms with van der Waals surface area (Å²) in [6.45, 7) is 4.34. The van der Waals surface area contributed by atoms with E-state index in [9.17, 15) is 9.59 Å². The Morgan fingerprint density at radius 2 is 1.90 bits per heavy atom. The van der Waals surface area contributed by atoms with Crippen molar-refractivity contribution in [1.29, 1.82) is 0 Å². The van der Waals surface area contributed by atoms with E-state index in [1.807, 2.05) is 31.2 Å². The standard InChI is InChI=1S/C23H34N4O3.HI/c1-3-30-22(29)19-11-7-13-27(16-19)23(24-2)25-15-17-8-6-12-20(14-17)26-21(28)18-9-4-5-10-18;/h6,8,12,14,18-19H,3-5,7,9-11,13,15-16H2,1-2H3,(H,24,25)(H,26,28);1H. The summed E-state index contributed by atoms with van der Waals surface area (Å²) in [6.07, 6.45) is 6.07. The lowest BCUT2D eigenvalue weighted by Gasteiger charge is -2.34. The van der Waals surface area contributed by atoms with E-state index in [0.29, 0.717) is 19.7 Å². The van der Waals surface area contributed by atoms with Gasteiger partial charge >= 0.3 is 5.97 Å². The lowest BCUT2D eigenvalue weighted by Crippen LogP contribution is -2.48. The summed E-state index contributed by atoms with van der Waals surface area (Å²) in [5.41, 5.74) is 1.90. The van der Waals surface area contributed by atoms with Crippen molar-refractivity contribution >= 4 is 47.5 Å². The number of benzene rings is 1. The predicted octanol–water partition coefficient (Wildman–Crippen LogP) is 3.78. The normalized spacial score (nSPS) is 19.5. The number of likely N-dealkylation sites (tertiary alicyclic amines) is 1.